The highest BCUT2D eigenvalue weighted by atomic mass is 19.1. The number of anilines is 1. The van der Waals surface area contributed by atoms with E-state index in [9.17, 15) is 9.18 Å². The predicted octanol–water partition coefficient (Wildman–Crippen LogP) is 2.59. The van der Waals surface area contributed by atoms with E-state index in [2.05, 4.69) is 34.6 Å². The molecule has 1 aliphatic rings. The third-order valence-corrected chi connectivity index (χ3v) is 4.80. The lowest BCUT2D eigenvalue weighted by molar-refractivity contribution is 0.236. The third-order valence-electron chi connectivity index (χ3n) is 4.80. The van der Waals surface area contributed by atoms with Crippen molar-refractivity contribution in [3.05, 3.63) is 42.0 Å². The van der Waals surface area contributed by atoms with Gasteiger partial charge in [-0.2, -0.15) is 10.1 Å². The number of amides is 2. The van der Waals surface area contributed by atoms with Crippen molar-refractivity contribution in [1.29, 1.82) is 0 Å². The molecule has 2 amide bonds. The van der Waals surface area contributed by atoms with Crippen molar-refractivity contribution in [2.45, 2.75) is 37.6 Å². The number of aryl methyl sites for hydroxylation is 1. The summed E-state index contributed by atoms with van der Waals surface area (Å²) in [5.41, 5.74) is 0.348. The molecule has 122 valence electrons. The third kappa shape index (κ3) is 2.78. The van der Waals surface area contributed by atoms with Crippen molar-refractivity contribution in [3.8, 4) is 0 Å². The van der Waals surface area contributed by atoms with Gasteiger partial charge in [0.15, 0.2) is 0 Å². The fourth-order valence-electron chi connectivity index (χ4n) is 2.93. The fraction of sp³-hybridized carbons (Fsp3) is 0.438. The van der Waals surface area contributed by atoms with Gasteiger partial charge in [0.2, 0.25) is 5.95 Å². The van der Waals surface area contributed by atoms with Gasteiger partial charge in [0.1, 0.15) is 12.1 Å². The summed E-state index contributed by atoms with van der Waals surface area (Å²) < 4.78 is 14.6. The molecule has 1 aromatic heterocycles. The number of carbonyl (C=O) groups excluding carboxylic acids is 1. The number of rotatable bonds is 4. The molecular formula is C16H20FN5O. The Balaban J connectivity index is 1.75. The highest BCUT2D eigenvalue weighted by molar-refractivity contribution is 5.88. The number of hydrogen-bond acceptors (Lipinski definition) is 3. The molecule has 3 rings (SSSR count). The molecule has 0 spiro atoms. The first-order chi connectivity index (χ1) is 10.8. The first-order valence-electron chi connectivity index (χ1n) is 7.53. The van der Waals surface area contributed by atoms with Gasteiger partial charge in [-0.05, 0) is 30.5 Å². The van der Waals surface area contributed by atoms with Crippen LogP contribution in [-0.2, 0) is 12.5 Å². The Morgan fingerprint density at radius 1 is 1.30 bits per heavy atom. The number of aromatic nitrogens is 3. The Labute approximate surface area is 134 Å². The number of halogens is 1. The minimum absolute atomic E-state index is 0.262. The zero-order valence-corrected chi connectivity index (χ0v) is 13.4. The Kier molecular flexibility index (Phi) is 3.58. The molecule has 2 aromatic rings. The Hall–Kier alpha value is -2.44. The normalized spacial score (nSPS) is 16.0. The quantitative estimate of drug-likeness (QED) is 0.910. The van der Waals surface area contributed by atoms with E-state index in [1.165, 1.54) is 23.1 Å². The van der Waals surface area contributed by atoms with Crippen molar-refractivity contribution in [1.82, 2.24) is 20.1 Å². The molecule has 0 saturated heterocycles. The van der Waals surface area contributed by atoms with Crippen LogP contribution in [0.4, 0.5) is 15.1 Å². The molecule has 1 saturated carbocycles. The maximum Gasteiger partial charge on any atom is 0.322 e. The number of benzene rings is 1. The molecule has 23 heavy (non-hydrogen) atoms. The Morgan fingerprint density at radius 2 is 1.96 bits per heavy atom. The van der Waals surface area contributed by atoms with Gasteiger partial charge in [-0.25, -0.2) is 13.9 Å². The summed E-state index contributed by atoms with van der Waals surface area (Å²) in [6, 6.07) is 6.14. The monoisotopic (exact) mass is 317 g/mol. The van der Waals surface area contributed by atoms with E-state index in [0.717, 1.165) is 18.4 Å². The first kappa shape index (κ1) is 15.5. The predicted molar refractivity (Wildman–Crippen MR) is 84.5 cm³/mol. The molecule has 2 N–H and O–H groups in total. The molecule has 0 unspecified atom stereocenters. The number of urea groups is 1. The molecule has 1 fully saturated rings. The lowest BCUT2D eigenvalue weighted by Crippen LogP contribution is -2.51. The van der Waals surface area contributed by atoms with E-state index in [-0.39, 0.29) is 22.8 Å². The van der Waals surface area contributed by atoms with Crippen LogP contribution in [0.5, 0.6) is 0 Å². The van der Waals surface area contributed by atoms with Crippen LogP contribution in [0.2, 0.25) is 0 Å². The van der Waals surface area contributed by atoms with Crippen LogP contribution < -0.4 is 10.6 Å². The summed E-state index contributed by atoms with van der Waals surface area (Å²) in [7, 11) is 1.71. The fourth-order valence-corrected chi connectivity index (χ4v) is 2.93. The molecular weight excluding hydrogens is 297 g/mol. The van der Waals surface area contributed by atoms with Gasteiger partial charge in [-0.3, -0.25) is 5.32 Å². The molecule has 1 aromatic carbocycles. The van der Waals surface area contributed by atoms with Crippen molar-refractivity contribution < 1.29 is 9.18 Å². The van der Waals surface area contributed by atoms with Gasteiger partial charge in [-0.15, -0.1) is 0 Å². The van der Waals surface area contributed by atoms with Crippen LogP contribution in [0.25, 0.3) is 0 Å². The van der Waals surface area contributed by atoms with Crippen LogP contribution in [-0.4, -0.2) is 26.3 Å². The summed E-state index contributed by atoms with van der Waals surface area (Å²) in [5.74, 6) is 0.125. The highest BCUT2D eigenvalue weighted by Crippen LogP contribution is 2.51. The summed E-state index contributed by atoms with van der Waals surface area (Å²) in [5, 5.41) is 9.67. The summed E-state index contributed by atoms with van der Waals surface area (Å²) in [6.07, 6.45) is 3.14. The standard InChI is InChI=1S/C16H20FN5O/c1-15(2,11-4-6-12(17)7-5-11)16(8-9-16)21-14(23)20-13-18-10-19-22(13)3/h4-7,10H,8-9H2,1-3H3,(H2,18,19,20,21,23). The summed E-state index contributed by atoms with van der Waals surface area (Å²) in [4.78, 5) is 16.3. The van der Waals surface area contributed by atoms with Crippen LogP contribution in [0, 0.1) is 5.82 Å². The second-order valence-electron chi connectivity index (χ2n) is 6.50. The van der Waals surface area contributed by atoms with Crippen molar-refractivity contribution in [3.63, 3.8) is 0 Å². The smallest absolute Gasteiger partial charge is 0.322 e. The Bertz CT molecular complexity index is 718. The average molecular weight is 317 g/mol. The lowest BCUT2D eigenvalue weighted by Gasteiger charge is -2.36. The highest BCUT2D eigenvalue weighted by Gasteiger charge is 2.56. The summed E-state index contributed by atoms with van der Waals surface area (Å²) >= 11 is 0. The number of carbonyl (C=O) groups is 1. The molecule has 0 aliphatic heterocycles. The molecule has 0 radical (unpaired) electrons. The maximum atomic E-state index is 13.2. The van der Waals surface area contributed by atoms with Gasteiger partial charge in [-0.1, -0.05) is 26.0 Å². The van der Waals surface area contributed by atoms with Gasteiger partial charge in [0.05, 0.1) is 5.54 Å². The first-order valence-corrected chi connectivity index (χ1v) is 7.53. The molecule has 7 heteroatoms. The SMILES string of the molecule is Cn1ncnc1NC(=O)NC1(C(C)(C)c2ccc(F)cc2)CC1. The minimum atomic E-state index is -0.340. The van der Waals surface area contributed by atoms with E-state index in [4.69, 9.17) is 0 Å². The molecule has 1 heterocycles. The van der Waals surface area contributed by atoms with Crippen molar-refractivity contribution in [2.24, 2.45) is 7.05 Å². The number of nitrogens with zero attached hydrogens (tertiary/aromatic N) is 3. The zero-order valence-electron chi connectivity index (χ0n) is 13.4. The maximum absolute atomic E-state index is 13.2. The zero-order chi connectivity index (χ0) is 16.7. The lowest BCUT2D eigenvalue weighted by atomic mass is 9.75. The molecule has 0 atom stereocenters. The van der Waals surface area contributed by atoms with Gasteiger partial charge in [0.25, 0.3) is 0 Å². The van der Waals surface area contributed by atoms with E-state index in [1.807, 2.05) is 0 Å². The van der Waals surface area contributed by atoms with Gasteiger partial charge in [0, 0.05) is 12.5 Å². The summed E-state index contributed by atoms with van der Waals surface area (Å²) in [6.45, 7) is 4.13. The van der Waals surface area contributed by atoms with Crippen LogP contribution in [0.1, 0.15) is 32.3 Å². The Morgan fingerprint density at radius 3 is 2.48 bits per heavy atom. The van der Waals surface area contributed by atoms with E-state index in [1.54, 1.807) is 19.2 Å². The minimum Gasteiger partial charge on any atom is -0.331 e. The number of hydrogen-bond donors (Lipinski definition) is 2. The molecule has 1 aliphatic carbocycles. The van der Waals surface area contributed by atoms with Crippen LogP contribution in [0.15, 0.2) is 30.6 Å². The second-order valence-corrected chi connectivity index (χ2v) is 6.50. The molecule has 0 bridgehead atoms. The van der Waals surface area contributed by atoms with E-state index in [0.29, 0.717) is 5.95 Å². The van der Waals surface area contributed by atoms with Crippen molar-refractivity contribution >= 4 is 12.0 Å². The second kappa shape index (κ2) is 5.33. The topological polar surface area (TPSA) is 71.8 Å². The largest absolute Gasteiger partial charge is 0.331 e. The van der Waals surface area contributed by atoms with Gasteiger partial charge >= 0.3 is 6.03 Å². The average Bonchev–Trinajstić information content (AvgIpc) is 3.18. The van der Waals surface area contributed by atoms with E-state index < -0.39 is 0 Å². The molecule has 6 nitrogen and oxygen atoms in total. The van der Waals surface area contributed by atoms with Gasteiger partial charge < -0.3 is 5.32 Å². The van der Waals surface area contributed by atoms with Crippen LogP contribution >= 0.6 is 0 Å². The van der Waals surface area contributed by atoms with Crippen LogP contribution in [0.3, 0.4) is 0 Å². The van der Waals surface area contributed by atoms with Crippen molar-refractivity contribution in [2.75, 3.05) is 5.32 Å². The van der Waals surface area contributed by atoms with E-state index >= 15 is 0 Å². The number of nitrogens with one attached hydrogen (secondary N) is 2.